The van der Waals surface area contributed by atoms with E-state index in [4.69, 9.17) is 4.74 Å². The molecule has 4 aromatic rings. The van der Waals surface area contributed by atoms with Gasteiger partial charge in [0.25, 0.3) is 5.91 Å². The molecule has 0 bridgehead atoms. The number of carboxylic acid groups (broad SMARTS) is 1. The van der Waals surface area contributed by atoms with E-state index in [0.717, 1.165) is 5.69 Å². The van der Waals surface area contributed by atoms with Crippen molar-refractivity contribution >= 4 is 45.9 Å². The Kier molecular flexibility index (Phi) is 6.82. The second-order valence-corrected chi connectivity index (χ2v) is 10.7. The predicted octanol–water partition coefficient (Wildman–Crippen LogP) is 3.53. The molecule has 13 heteroatoms. The number of nitrogens with one attached hydrogen (secondary N) is 1. The number of hydrogen-bond donors (Lipinski definition) is 2. The van der Waals surface area contributed by atoms with Gasteiger partial charge >= 0.3 is 12.1 Å². The van der Waals surface area contributed by atoms with E-state index in [1.807, 2.05) is 20.8 Å². The summed E-state index contributed by atoms with van der Waals surface area (Å²) in [6, 6.07) is 4.58. The molecule has 3 aromatic heterocycles. The summed E-state index contributed by atoms with van der Waals surface area (Å²) in [6.45, 7) is 8.69. The molecule has 2 N–H and O–H groups in total. The second-order valence-electron chi connectivity index (χ2n) is 10.7. The SMILES string of the molecule is Cc1cn2cc(NC(=O)c3ccc(N4CCN(C(=O)OC(C)(C)C)CC4)c4cn(CC(=O)O)nc34)cc(F)c2n1. The minimum absolute atomic E-state index is 0.154. The number of nitrogens with zero attached hydrogens (tertiary/aromatic N) is 6. The maximum Gasteiger partial charge on any atom is 0.410 e. The fraction of sp³-hybridized carbons (Fsp3) is 0.370. The number of aromatic nitrogens is 4. The highest BCUT2D eigenvalue weighted by atomic mass is 19.1. The maximum absolute atomic E-state index is 14.6. The van der Waals surface area contributed by atoms with Gasteiger partial charge in [0.15, 0.2) is 11.5 Å². The van der Waals surface area contributed by atoms with E-state index < -0.39 is 23.3 Å². The number of carboxylic acids is 1. The normalized spacial score (nSPS) is 14.1. The molecular formula is C27H30FN7O5. The Bertz CT molecular complexity index is 1630. The number of carbonyl (C=O) groups excluding carboxylic acids is 2. The van der Waals surface area contributed by atoms with Gasteiger partial charge < -0.3 is 29.4 Å². The first-order valence-electron chi connectivity index (χ1n) is 12.8. The summed E-state index contributed by atoms with van der Waals surface area (Å²) in [5.74, 6) is -2.18. The number of amides is 2. The van der Waals surface area contributed by atoms with Crippen LogP contribution >= 0.6 is 0 Å². The molecule has 0 radical (unpaired) electrons. The molecule has 12 nitrogen and oxygen atoms in total. The summed E-state index contributed by atoms with van der Waals surface area (Å²) >= 11 is 0. The van der Waals surface area contributed by atoms with Crippen LogP contribution < -0.4 is 10.2 Å². The summed E-state index contributed by atoms with van der Waals surface area (Å²) in [5, 5.41) is 17.0. The lowest BCUT2D eigenvalue weighted by Gasteiger charge is -2.37. The first-order chi connectivity index (χ1) is 18.9. The Labute approximate surface area is 228 Å². The Hall–Kier alpha value is -4.68. The Morgan fingerprint density at radius 2 is 1.82 bits per heavy atom. The molecule has 0 unspecified atom stereocenters. The van der Waals surface area contributed by atoms with Crippen LogP contribution in [0.3, 0.4) is 0 Å². The number of imidazole rings is 1. The summed E-state index contributed by atoms with van der Waals surface area (Å²) in [4.78, 5) is 45.0. The number of aliphatic carboxylic acids is 1. The zero-order valence-corrected chi connectivity index (χ0v) is 22.6. The van der Waals surface area contributed by atoms with Crippen LogP contribution in [0.15, 0.2) is 36.8 Å². The lowest BCUT2D eigenvalue weighted by molar-refractivity contribution is -0.137. The predicted molar refractivity (Wildman–Crippen MR) is 145 cm³/mol. The largest absolute Gasteiger partial charge is 0.480 e. The van der Waals surface area contributed by atoms with E-state index in [2.05, 4.69) is 20.3 Å². The van der Waals surface area contributed by atoms with E-state index in [9.17, 15) is 23.9 Å². The molecule has 1 aromatic carbocycles. The third kappa shape index (κ3) is 5.53. The van der Waals surface area contributed by atoms with Gasteiger partial charge in [-0.1, -0.05) is 0 Å². The fourth-order valence-electron chi connectivity index (χ4n) is 4.72. The summed E-state index contributed by atoms with van der Waals surface area (Å²) in [6.07, 6.45) is 4.43. The minimum atomic E-state index is -1.08. The fourth-order valence-corrected chi connectivity index (χ4v) is 4.72. The standard InChI is InChI=1S/C27H30FN7O5/c1-16-12-34-13-17(11-20(28)24(34)29-16)30-25(38)18-5-6-21(19-14-35(15-22(36)37)31-23(18)19)32-7-9-33(10-8-32)26(39)40-27(2,3)4/h5-6,11-14H,7-10,15H2,1-4H3,(H,30,38)(H,36,37). The van der Waals surface area contributed by atoms with Crippen molar-refractivity contribution in [2.24, 2.45) is 0 Å². The topological polar surface area (TPSA) is 134 Å². The third-order valence-corrected chi connectivity index (χ3v) is 6.40. The molecule has 1 saturated heterocycles. The van der Waals surface area contributed by atoms with Crippen molar-refractivity contribution in [2.45, 2.75) is 39.8 Å². The number of benzene rings is 1. The van der Waals surface area contributed by atoms with E-state index in [-0.39, 0.29) is 29.5 Å². The zero-order valence-electron chi connectivity index (χ0n) is 22.6. The molecule has 1 fully saturated rings. The molecule has 0 aliphatic carbocycles. The van der Waals surface area contributed by atoms with Crippen LogP contribution in [0.25, 0.3) is 16.6 Å². The average molecular weight is 552 g/mol. The van der Waals surface area contributed by atoms with Crippen molar-refractivity contribution in [3.63, 3.8) is 0 Å². The first-order valence-corrected chi connectivity index (χ1v) is 12.8. The van der Waals surface area contributed by atoms with Gasteiger partial charge in [-0.25, -0.2) is 14.2 Å². The molecule has 1 aliphatic rings. The van der Waals surface area contributed by atoms with Crippen molar-refractivity contribution < 1.29 is 28.6 Å². The minimum Gasteiger partial charge on any atom is -0.480 e. The van der Waals surface area contributed by atoms with Crippen molar-refractivity contribution in [2.75, 3.05) is 36.4 Å². The molecule has 0 atom stereocenters. The number of hydrogen-bond acceptors (Lipinski definition) is 7. The van der Waals surface area contributed by atoms with Crippen LogP contribution in [-0.2, 0) is 16.1 Å². The van der Waals surface area contributed by atoms with Gasteiger partial charge in [0.1, 0.15) is 17.7 Å². The van der Waals surface area contributed by atoms with Crippen LogP contribution in [0.2, 0.25) is 0 Å². The van der Waals surface area contributed by atoms with Crippen LogP contribution in [0.5, 0.6) is 0 Å². The highest BCUT2D eigenvalue weighted by Gasteiger charge is 2.28. The van der Waals surface area contributed by atoms with Gasteiger partial charge in [0.2, 0.25) is 0 Å². The van der Waals surface area contributed by atoms with Gasteiger partial charge in [-0.05, 0) is 39.8 Å². The van der Waals surface area contributed by atoms with E-state index in [1.54, 1.807) is 42.5 Å². The van der Waals surface area contributed by atoms with Crippen molar-refractivity contribution in [3.8, 4) is 0 Å². The van der Waals surface area contributed by atoms with E-state index in [1.165, 1.54) is 15.1 Å². The quantitative estimate of drug-likeness (QED) is 0.385. The maximum atomic E-state index is 14.6. The number of aryl methyl sites for hydroxylation is 1. The monoisotopic (exact) mass is 551 g/mol. The second kappa shape index (κ2) is 10.1. The lowest BCUT2D eigenvalue weighted by atomic mass is 10.1. The number of rotatable bonds is 5. The van der Waals surface area contributed by atoms with Crippen molar-refractivity contribution in [3.05, 3.63) is 53.9 Å². The van der Waals surface area contributed by atoms with Crippen LogP contribution in [-0.4, -0.2) is 78.9 Å². The molecule has 5 rings (SSSR count). The number of piperazine rings is 1. The molecule has 2 amide bonds. The molecule has 0 saturated carbocycles. The molecular weight excluding hydrogens is 521 g/mol. The van der Waals surface area contributed by atoms with Gasteiger partial charge in [0.05, 0.1) is 16.9 Å². The Balaban J connectivity index is 1.42. The highest BCUT2D eigenvalue weighted by molar-refractivity contribution is 6.14. The Morgan fingerprint density at radius 3 is 2.50 bits per heavy atom. The lowest BCUT2D eigenvalue weighted by Crippen LogP contribution is -2.50. The smallest absolute Gasteiger partial charge is 0.410 e. The van der Waals surface area contributed by atoms with Gasteiger partial charge in [-0.15, -0.1) is 0 Å². The number of anilines is 2. The summed E-state index contributed by atoms with van der Waals surface area (Å²) in [7, 11) is 0. The van der Waals surface area contributed by atoms with Gasteiger partial charge in [0, 0.05) is 61.9 Å². The van der Waals surface area contributed by atoms with Crippen molar-refractivity contribution in [1.82, 2.24) is 24.1 Å². The first kappa shape index (κ1) is 26.9. The number of halogens is 1. The van der Waals surface area contributed by atoms with Crippen LogP contribution in [0, 0.1) is 12.7 Å². The van der Waals surface area contributed by atoms with Gasteiger partial charge in [-0.2, -0.15) is 5.10 Å². The number of pyridine rings is 1. The molecule has 40 heavy (non-hydrogen) atoms. The molecule has 4 heterocycles. The van der Waals surface area contributed by atoms with Crippen LogP contribution in [0.4, 0.5) is 20.6 Å². The molecule has 210 valence electrons. The van der Waals surface area contributed by atoms with E-state index >= 15 is 0 Å². The van der Waals surface area contributed by atoms with Gasteiger partial charge in [-0.3, -0.25) is 14.3 Å². The summed E-state index contributed by atoms with van der Waals surface area (Å²) in [5.41, 5.74) is 1.70. The third-order valence-electron chi connectivity index (χ3n) is 6.40. The number of fused-ring (bicyclic) bond motifs is 2. The molecule has 0 spiro atoms. The highest BCUT2D eigenvalue weighted by Crippen LogP contribution is 2.31. The molecule has 1 aliphatic heterocycles. The zero-order chi connectivity index (χ0) is 28.8. The van der Waals surface area contributed by atoms with E-state index in [0.29, 0.717) is 42.8 Å². The average Bonchev–Trinajstić information content (AvgIpc) is 3.44. The number of ether oxygens (including phenoxy) is 1. The number of carbonyl (C=O) groups is 3. The Morgan fingerprint density at radius 1 is 1.10 bits per heavy atom. The summed E-state index contributed by atoms with van der Waals surface area (Å²) < 4.78 is 22.8. The van der Waals surface area contributed by atoms with Crippen molar-refractivity contribution in [1.29, 1.82) is 0 Å². The van der Waals surface area contributed by atoms with Crippen LogP contribution in [0.1, 0.15) is 36.8 Å².